The molecule has 2 aliphatic rings. The molecule has 0 bridgehead atoms. The van der Waals surface area contributed by atoms with E-state index in [0.29, 0.717) is 24.5 Å². The molecular weight excluding hydrogens is 723 g/mol. The third-order valence-electron chi connectivity index (χ3n) is 10.4. The lowest BCUT2D eigenvalue weighted by Crippen LogP contribution is -2.52. The molecule has 8 rings (SSSR count). The van der Waals surface area contributed by atoms with Crippen LogP contribution in [0, 0.1) is 0 Å². The number of nitrogens with one attached hydrogen (secondary N) is 3. The zero-order chi connectivity index (χ0) is 39.6. The largest absolute Gasteiger partial charge is 0.347 e. The maximum atomic E-state index is 13.2. The van der Waals surface area contributed by atoms with Crippen LogP contribution < -0.4 is 16.0 Å². The molecule has 14 nitrogen and oxygen atoms in total. The number of imide groups is 1. The number of pyridine rings is 3. The van der Waals surface area contributed by atoms with E-state index in [2.05, 4.69) is 37.4 Å². The molecule has 1 saturated heterocycles. The highest BCUT2D eigenvalue weighted by Gasteiger charge is 2.29. The first-order valence-corrected chi connectivity index (χ1v) is 18.8. The summed E-state index contributed by atoms with van der Waals surface area (Å²) in [4.78, 5) is 82.4. The summed E-state index contributed by atoms with van der Waals surface area (Å²) in [5.41, 5.74) is 6.84. The van der Waals surface area contributed by atoms with Crippen molar-refractivity contribution in [1.29, 1.82) is 0 Å². The number of aryl methyl sites for hydroxylation is 1. The Hall–Kier alpha value is -7.09. The van der Waals surface area contributed by atoms with E-state index in [9.17, 15) is 24.0 Å². The van der Waals surface area contributed by atoms with Gasteiger partial charge in [0.05, 0.1) is 29.3 Å². The van der Waals surface area contributed by atoms with Crippen LogP contribution in [-0.4, -0.2) is 71.5 Å². The van der Waals surface area contributed by atoms with Crippen LogP contribution in [0.15, 0.2) is 91.3 Å². The Morgan fingerprint density at radius 3 is 2.47 bits per heavy atom. The number of hydrogen-bond donors (Lipinski definition) is 3. The van der Waals surface area contributed by atoms with Gasteiger partial charge in [-0.3, -0.25) is 39.3 Å². The highest BCUT2D eigenvalue weighted by Crippen LogP contribution is 2.34. The van der Waals surface area contributed by atoms with Gasteiger partial charge in [0.2, 0.25) is 17.7 Å². The van der Waals surface area contributed by atoms with Crippen molar-refractivity contribution in [2.24, 2.45) is 0 Å². The summed E-state index contributed by atoms with van der Waals surface area (Å²) in [7, 11) is 0. The van der Waals surface area contributed by atoms with Crippen LogP contribution in [-0.2, 0) is 40.4 Å². The molecular formula is C43H39N9O5. The van der Waals surface area contributed by atoms with Gasteiger partial charge in [-0.2, -0.15) is 0 Å². The Labute approximate surface area is 327 Å². The topological polar surface area (TPSA) is 181 Å². The van der Waals surface area contributed by atoms with E-state index in [1.165, 1.54) is 0 Å². The molecule has 0 radical (unpaired) electrons. The zero-order valence-corrected chi connectivity index (χ0v) is 31.4. The van der Waals surface area contributed by atoms with Crippen molar-refractivity contribution in [1.82, 2.24) is 45.4 Å². The number of benzene rings is 2. The first-order chi connectivity index (χ1) is 27.6. The number of nitrogens with zero attached hydrogens (tertiary/aromatic N) is 6. The van der Waals surface area contributed by atoms with Crippen molar-refractivity contribution in [3.05, 3.63) is 120 Å². The fourth-order valence-electron chi connectivity index (χ4n) is 7.31. The molecule has 1 unspecified atom stereocenters. The molecule has 0 spiro atoms. The minimum atomic E-state index is -0.806. The molecule has 2 aromatic carbocycles. The Balaban J connectivity index is 0.932. The molecule has 2 aliphatic heterocycles. The quantitative estimate of drug-likeness (QED) is 0.177. The summed E-state index contributed by atoms with van der Waals surface area (Å²) in [6.07, 6.45) is 4.66. The predicted octanol–water partition coefficient (Wildman–Crippen LogP) is 4.61. The van der Waals surface area contributed by atoms with Gasteiger partial charge in [-0.25, -0.2) is 9.97 Å². The third kappa shape index (κ3) is 7.61. The van der Waals surface area contributed by atoms with Gasteiger partial charge >= 0.3 is 0 Å². The number of aromatic nitrogens is 5. The van der Waals surface area contributed by atoms with Crippen molar-refractivity contribution >= 4 is 40.3 Å². The number of carbonyl (C=O) groups is 5. The molecule has 4 aromatic heterocycles. The summed E-state index contributed by atoms with van der Waals surface area (Å²) >= 11 is 0. The number of piperidine rings is 1. The van der Waals surface area contributed by atoms with Crippen LogP contribution >= 0.6 is 0 Å². The van der Waals surface area contributed by atoms with Crippen molar-refractivity contribution in [2.45, 2.75) is 58.8 Å². The molecule has 1 atom stereocenters. The molecule has 0 aliphatic carbocycles. The second-order valence-electron chi connectivity index (χ2n) is 14.1. The lowest BCUT2D eigenvalue weighted by atomic mass is 10.0. The van der Waals surface area contributed by atoms with Gasteiger partial charge in [-0.05, 0) is 53.8 Å². The van der Waals surface area contributed by atoms with E-state index in [-0.39, 0.29) is 48.5 Å². The van der Waals surface area contributed by atoms with Crippen LogP contribution in [0.1, 0.15) is 64.7 Å². The molecule has 3 N–H and O–H groups in total. The first kappa shape index (κ1) is 36.9. The van der Waals surface area contributed by atoms with Crippen LogP contribution in [0.4, 0.5) is 0 Å². The average Bonchev–Trinajstić information content (AvgIpc) is 3.61. The van der Waals surface area contributed by atoms with Gasteiger partial charge < -0.3 is 20.1 Å². The van der Waals surface area contributed by atoms with Crippen molar-refractivity contribution in [3.8, 4) is 33.8 Å². The zero-order valence-electron chi connectivity index (χ0n) is 31.4. The third-order valence-corrected chi connectivity index (χ3v) is 10.4. The van der Waals surface area contributed by atoms with Crippen LogP contribution in [0.2, 0.25) is 0 Å². The van der Waals surface area contributed by atoms with Gasteiger partial charge in [0.15, 0.2) is 0 Å². The van der Waals surface area contributed by atoms with E-state index >= 15 is 0 Å². The minimum Gasteiger partial charge on any atom is -0.347 e. The second-order valence-corrected chi connectivity index (χ2v) is 14.1. The summed E-state index contributed by atoms with van der Waals surface area (Å²) in [5, 5.41) is 9.75. The Bertz CT molecular complexity index is 2580. The highest BCUT2D eigenvalue weighted by molar-refractivity contribution is 6.03. The van der Waals surface area contributed by atoms with Gasteiger partial charge in [0.1, 0.15) is 23.3 Å². The van der Waals surface area contributed by atoms with E-state index in [1.54, 1.807) is 37.4 Å². The van der Waals surface area contributed by atoms with Gasteiger partial charge in [-0.1, -0.05) is 49.4 Å². The van der Waals surface area contributed by atoms with Crippen LogP contribution in [0.25, 0.3) is 44.5 Å². The molecule has 14 heteroatoms. The Kier molecular flexibility index (Phi) is 10.1. The smallest absolute Gasteiger partial charge is 0.270 e. The van der Waals surface area contributed by atoms with Crippen molar-refractivity contribution in [3.63, 3.8) is 0 Å². The second kappa shape index (κ2) is 15.6. The number of amides is 5. The monoisotopic (exact) mass is 761 g/mol. The van der Waals surface area contributed by atoms with Crippen LogP contribution in [0.3, 0.4) is 0 Å². The molecule has 0 saturated carbocycles. The predicted molar refractivity (Wildman–Crippen MR) is 211 cm³/mol. The molecule has 1 fully saturated rings. The number of rotatable bonds is 9. The maximum absolute atomic E-state index is 13.2. The van der Waals surface area contributed by atoms with Gasteiger partial charge in [0, 0.05) is 73.9 Å². The lowest BCUT2D eigenvalue weighted by molar-refractivity contribution is -0.134. The molecule has 6 aromatic rings. The van der Waals surface area contributed by atoms with E-state index in [1.807, 2.05) is 65.7 Å². The Morgan fingerprint density at radius 1 is 0.842 bits per heavy atom. The maximum Gasteiger partial charge on any atom is 0.270 e. The number of carbonyl (C=O) groups excluding carboxylic acids is 5. The van der Waals surface area contributed by atoms with E-state index < -0.39 is 17.9 Å². The number of imidazole rings is 1. The van der Waals surface area contributed by atoms with Gasteiger partial charge in [-0.15, -0.1) is 0 Å². The Morgan fingerprint density at radius 2 is 1.68 bits per heavy atom. The fourth-order valence-corrected chi connectivity index (χ4v) is 7.31. The fraction of sp³-hybridized carbons (Fsp3) is 0.233. The van der Waals surface area contributed by atoms with Crippen molar-refractivity contribution < 1.29 is 24.0 Å². The van der Waals surface area contributed by atoms with E-state index in [4.69, 9.17) is 9.97 Å². The van der Waals surface area contributed by atoms with E-state index in [0.717, 1.165) is 63.2 Å². The molecule has 286 valence electrons. The molecule has 5 amide bonds. The summed E-state index contributed by atoms with van der Waals surface area (Å²) in [6, 6.07) is 23.3. The standard InChI is InChI=1S/C43H39N9O5/c1-3-38-49-40(37-24-51(25(2)53)17-18-52(37)38)30-10-5-8-27-20-36(45-23-31(27)30)29-13-14-33(44-22-29)41(55)46-21-26-7-4-9-28(19-26)32-11-6-12-34(47-32)42(56)48-35-15-16-39(54)50-43(35)57/h4-14,19-20,22-23,35H,3,15-18,21,24H2,1-2H3,(H,46,55)(H,48,56)(H,50,54,57). The summed E-state index contributed by atoms with van der Waals surface area (Å²) in [6.45, 7) is 5.83. The number of hydrogen-bond acceptors (Lipinski definition) is 9. The normalized spacial score (nSPS) is 15.2. The summed E-state index contributed by atoms with van der Waals surface area (Å²) in [5.74, 6) is -0.695. The molecule has 6 heterocycles. The SMILES string of the molecule is CCc1nc(-c2cccc3cc(-c4ccc(C(=O)NCc5cccc(-c6cccc(C(=O)NC7CCC(=O)NC7=O)n6)c5)nc4)ncc23)c2n1CCN(C(C)=O)C2. The highest BCUT2D eigenvalue weighted by atomic mass is 16.2. The minimum absolute atomic E-state index is 0.0512. The van der Waals surface area contributed by atoms with Crippen molar-refractivity contribution in [2.75, 3.05) is 6.54 Å². The average molecular weight is 762 g/mol. The first-order valence-electron chi connectivity index (χ1n) is 18.8. The molecule has 57 heavy (non-hydrogen) atoms. The number of fused-ring (bicyclic) bond motifs is 2. The lowest BCUT2D eigenvalue weighted by Gasteiger charge is -2.28. The van der Waals surface area contributed by atoms with Crippen LogP contribution in [0.5, 0.6) is 0 Å². The van der Waals surface area contributed by atoms with Gasteiger partial charge in [0.25, 0.3) is 11.8 Å². The summed E-state index contributed by atoms with van der Waals surface area (Å²) < 4.78 is 2.24.